The number of rotatable bonds is 5. The molecular weight excluding hydrogens is 227 g/mol. The highest BCUT2D eigenvalue weighted by Crippen LogP contribution is 2.37. The lowest BCUT2D eigenvalue weighted by molar-refractivity contribution is 0.178. The smallest absolute Gasteiger partial charge is 0.127 e. The summed E-state index contributed by atoms with van der Waals surface area (Å²) in [6.07, 6.45) is 4.99. The van der Waals surface area contributed by atoms with Gasteiger partial charge in [0.2, 0.25) is 0 Å². The molecule has 0 saturated heterocycles. The molecule has 3 heteroatoms. The van der Waals surface area contributed by atoms with Crippen molar-refractivity contribution < 1.29 is 4.39 Å². The standard InChI is InChI=1S/C15H23FN2/c1-18(10-13-6-2-3-7-14(13)16)12-15(11-17)8-4-5-9-15/h2-3,6-7H,4-5,8-12,17H2,1H3. The van der Waals surface area contributed by atoms with E-state index in [2.05, 4.69) is 11.9 Å². The largest absolute Gasteiger partial charge is 0.330 e. The van der Waals surface area contributed by atoms with Gasteiger partial charge in [-0.1, -0.05) is 31.0 Å². The summed E-state index contributed by atoms with van der Waals surface area (Å²) in [5, 5.41) is 0. The molecule has 0 aromatic heterocycles. The lowest BCUT2D eigenvalue weighted by atomic mass is 9.86. The maximum atomic E-state index is 13.6. The summed E-state index contributed by atoms with van der Waals surface area (Å²) in [5.74, 6) is -0.113. The molecular formula is C15H23FN2. The van der Waals surface area contributed by atoms with Crippen molar-refractivity contribution in [2.24, 2.45) is 11.1 Å². The van der Waals surface area contributed by atoms with E-state index >= 15 is 0 Å². The third kappa shape index (κ3) is 3.09. The Kier molecular flexibility index (Phi) is 4.36. The molecule has 1 saturated carbocycles. The van der Waals surface area contributed by atoms with Crippen molar-refractivity contribution >= 4 is 0 Å². The van der Waals surface area contributed by atoms with Crippen LogP contribution in [0.15, 0.2) is 24.3 Å². The number of halogens is 1. The van der Waals surface area contributed by atoms with E-state index < -0.39 is 0 Å². The quantitative estimate of drug-likeness (QED) is 0.870. The van der Waals surface area contributed by atoms with E-state index in [4.69, 9.17) is 5.73 Å². The molecule has 1 aromatic carbocycles. The Hall–Kier alpha value is -0.930. The Balaban J connectivity index is 1.96. The summed E-state index contributed by atoms with van der Waals surface area (Å²) in [7, 11) is 2.06. The van der Waals surface area contributed by atoms with E-state index in [1.165, 1.54) is 31.7 Å². The van der Waals surface area contributed by atoms with Gasteiger partial charge in [-0.15, -0.1) is 0 Å². The van der Waals surface area contributed by atoms with E-state index in [9.17, 15) is 4.39 Å². The third-order valence-corrected chi connectivity index (χ3v) is 4.10. The Morgan fingerprint density at radius 2 is 1.94 bits per heavy atom. The van der Waals surface area contributed by atoms with Gasteiger partial charge < -0.3 is 10.6 Å². The van der Waals surface area contributed by atoms with Crippen LogP contribution < -0.4 is 5.73 Å². The molecule has 1 aliphatic rings. The summed E-state index contributed by atoms with van der Waals surface area (Å²) >= 11 is 0. The van der Waals surface area contributed by atoms with Crippen LogP contribution in [-0.2, 0) is 6.54 Å². The van der Waals surface area contributed by atoms with E-state index in [0.717, 1.165) is 18.7 Å². The second kappa shape index (κ2) is 5.81. The summed E-state index contributed by atoms with van der Waals surface area (Å²) in [5.41, 5.74) is 6.97. The first-order valence-corrected chi connectivity index (χ1v) is 6.77. The van der Waals surface area contributed by atoms with Gasteiger partial charge in [0.1, 0.15) is 5.82 Å². The van der Waals surface area contributed by atoms with Crippen LogP contribution in [0.3, 0.4) is 0 Å². The molecule has 1 aliphatic carbocycles. The topological polar surface area (TPSA) is 29.3 Å². The van der Waals surface area contributed by atoms with Crippen molar-refractivity contribution in [1.29, 1.82) is 0 Å². The number of benzene rings is 1. The predicted molar refractivity (Wildman–Crippen MR) is 72.7 cm³/mol. The van der Waals surface area contributed by atoms with Gasteiger partial charge in [0, 0.05) is 18.7 Å². The molecule has 0 heterocycles. The predicted octanol–water partition coefficient (Wildman–Crippen LogP) is 2.78. The Labute approximate surface area is 109 Å². The Bertz CT molecular complexity index is 386. The van der Waals surface area contributed by atoms with Crippen LogP contribution in [0.5, 0.6) is 0 Å². The van der Waals surface area contributed by atoms with Crippen LogP contribution in [0.1, 0.15) is 31.2 Å². The number of hydrogen-bond donors (Lipinski definition) is 1. The van der Waals surface area contributed by atoms with Crippen LogP contribution >= 0.6 is 0 Å². The van der Waals surface area contributed by atoms with Crippen molar-refractivity contribution in [3.63, 3.8) is 0 Å². The molecule has 100 valence electrons. The maximum Gasteiger partial charge on any atom is 0.127 e. The van der Waals surface area contributed by atoms with Gasteiger partial charge in [0.25, 0.3) is 0 Å². The zero-order chi connectivity index (χ0) is 13.0. The molecule has 18 heavy (non-hydrogen) atoms. The average molecular weight is 250 g/mol. The molecule has 0 spiro atoms. The van der Waals surface area contributed by atoms with Crippen molar-refractivity contribution in [3.05, 3.63) is 35.6 Å². The lowest BCUT2D eigenvalue weighted by Gasteiger charge is -2.32. The highest BCUT2D eigenvalue weighted by molar-refractivity contribution is 5.17. The molecule has 1 fully saturated rings. The molecule has 0 bridgehead atoms. The zero-order valence-corrected chi connectivity index (χ0v) is 11.2. The minimum absolute atomic E-state index is 0.113. The lowest BCUT2D eigenvalue weighted by Crippen LogP contribution is -2.39. The van der Waals surface area contributed by atoms with Gasteiger partial charge >= 0.3 is 0 Å². The van der Waals surface area contributed by atoms with E-state index in [1.54, 1.807) is 6.07 Å². The fraction of sp³-hybridized carbons (Fsp3) is 0.600. The molecule has 0 aliphatic heterocycles. The molecule has 0 atom stereocenters. The first kappa shape index (κ1) is 13.5. The van der Waals surface area contributed by atoms with Crippen LogP contribution in [-0.4, -0.2) is 25.0 Å². The molecule has 0 radical (unpaired) electrons. The van der Waals surface area contributed by atoms with E-state index in [-0.39, 0.29) is 11.2 Å². The molecule has 2 rings (SSSR count). The molecule has 2 N–H and O–H groups in total. The van der Waals surface area contributed by atoms with E-state index in [1.807, 2.05) is 12.1 Å². The van der Waals surface area contributed by atoms with Gasteiger partial charge in [-0.05, 0) is 37.9 Å². The third-order valence-electron chi connectivity index (χ3n) is 4.10. The van der Waals surface area contributed by atoms with Crippen LogP contribution in [0, 0.1) is 11.2 Å². The number of hydrogen-bond acceptors (Lipinski definition) is 2. The van der Waals surface area contributed by atoms with Crippen LogP contribution in [0.4, 0.5) is 4.39 Å². The number of nitrogens with two attached hydrogens (primary N) is 1. The Morgan fingerprint density at radius 3 is 2.56 bits per heavy atom. The van der Waals surface area contributed by atoms with Crippen molar-refractivity contribution in [1.82, 2.24) is 4.90 Å². The molecule has 1 aromatic rings. The van der Waals surface area contributed by atoms with Crippen LogP contribution in [0.2, 0.25) is 0 Å². The van der Waals surface area contributed by atoms with Crippen molar-refractivity contribution in [2.75, 3.05) is 20.1 Å². The molecule has 0 amide bonds. The van der Waals surface area contributed by atoms with Gasteiger partial charge in [-0.25, -0.2) is 4.39 Å². The Morgan fingerprint density at radius 1 is 1.28 bits per heavy atom. The second-order valence-electron chi connectivity index (χ2n) is 5.67. The summed E-state index contributed by atoms with van der Waals surface area (Å²) in [4.78, 5) is 2.20. The zero-order valence-electron chi connectivity index (χ0n) is 11.2. The monoisotopic (exact) mass is 250 g/mol. The fourth-order valence-electron chi connectivity index (χ4n) is 3.10. The summed E-state index contributed by atoms with van der Waals surface area (Å²) in [6, 6.07) is 7.00. The second-order valence-corrected chi connectivity index (χ2v) is 5.67. The summed E-state index contributed by atoms with van der Waals surface area (Å²) in [6.45, 7) is 2.38. The highest BCUT2D eigenvalue weighted by Gasteiger charge is 2.33. The first-order valence-electron chi connectivity index (χ1n) is 6.77. The van der Waals surface area contributed by atoms with Gasteiger partial charge in [-0.3, -0.25) is 0 Å². The van der Waals surface area contributed by atoms with Gasteiger partial charge in [0.15, 0.2) is 0 Å². The van der Waals surface area contributed by atoms with Crippen molar-refractivity contribution in [3.8, 4) is 0 Å². The normalized spacial score (nSPS) is 18.4. The fourth-order valence-corrected chi connectivity index (χ4v) is 3.10. The van der Waals surface area contributed by atoms with Gasteiger partial charge in [-0.2, -0.15) is 0 Å². The molecule has 0 unspecified atom stereocenters. The SMILES string of the molecule is CN(Cc1ccccc1F)CC1(CN)CCCC1. The molecule has 2 nitrogen and oxygen atoms in total. The summed E-state index contributed by atoms with van der Waals surface area (Å²) < 4.78 is 13.6. The highest BCUT2D eigenvalue weighted by atomic mass is 19.1. The average Bonchev–Trinajstić information content (AvgIpc) is 2.81. The van der Waals surface area contributed by atoms with E-state index in [0.29, 0.717) is 6.54 Å². The van der Waals surface area contributed by atoms with Crippen LogP contribution in [0.25, 0.3) is 0 Å². The van der Waals surface area contributed by atoms with Crippen molar-refractivity contribution in [2.45, 2.75) is 32.2 Å². The maximum absolute atomic E-state index is 13.6. The van der Waals surface area contributed by atoms with Gasteiger partial charge in [0.05, 0.1) is 0 Å². The minimum Gasteiger partial charge on any atom is -0.330 e. The number of nitrogens with zero attached hydrogens (tertiary/aromatic N) is 1. The first-order chi connectivity index (χ1) is 8.65. The minimum atomic E-state index is -0.113.